The molecule has 2 N–H and O–H groups in total. The lowest BCUT2D eigenvalue weighted by Gasteiger charge is -2.29. The van der Waals surface area contributed by atoms with Crippen LogP contribution in [0.25, 0.3) is 0 Å². The molecule has 1 saturated carbocycles. The molecule has 26 heavy (non-hydrogen) atoms. The van der Waals surface area contributed by atoms with Crippen LogP contribution in [-0.4, -0.2) is 35.3 Å². The first kappa shape index (κ1) is 17.9. The summed E-state index contributed by atoms with van der Waals surface area (Å²) in [6, 6.07) is 5.68. The standard InChI is InChI=1S/C18H21FN4O3/c1-25-16-17(21-11-10-20-16)26-13-8-6-12(7-9-13)22-18(24)23-15-5-3-2-4-14(15)19/h2-5,10-13H,6-9H2,1H3,(H2,22,23,24). The summed E-state index contributed by atoms with van der Waals surface area (Å²) in [6.45, 7) is 0. The molecule has 0 aliphatic heterocycles. The van der Waals surface area contributed by atoms with Gasteiger partial charge in [0.2, 0.25) is 0 Å². The number of aromatic nitrogens is 2. The third-order valence-electron chi connectivity index (χ3n) is 4.24. The molecule has 0 unspecified atom stereocenters. The first-order chi connectivity index (χ1) is 12.7. The number of para-hydroxylation sites is 1. The zero-order valence-electron chi connectivity index (χ0n) is 14.4. The first-order valence-electron chi connectivity index (χ1n) is 8.49. The SMILES string of the molecule is COc1nccnc1OC1CCC(NC(=O)Nc2ccccc2F)CC1. The monoisotopic (exact) mass is 360 g/mol. The second-order valence-corrected chi connectivity index (χ2v) is 6.04. The summed E-state index contributed by atoms with van der Waals surface area (Å²) >= 11 is 0. The summed E-state index contributed by atoms with van der Waals surface area (Å²) in [6.07, 6.45) is 6.15. The van der Waals surface area contributed by atoms with Gasteiger partial charge >= 0.3 is 6.03 Å². The van der Waals surface area contributed by atoms with Crippen LogP contribution in [0.4, 0.5) is 14.9 Å². The minimum Gasteiger partial charge on any atom is -0.477 e. The second kappa shape index (κ2) is 8.46. The molecule has 0 bridgehead atoms. The molecule has 8 heteroatoms. The van der Waals surface area contributed by atoms with Gasteiger partial charge in [-0.15, -0.1) is 0 Å². The predicted octanol–water partition coefficient (Wildman–Crippen LogP) is 3.14. The molecule has 1 aromatic heterocycles. The van der Waals surface area contributed by atoms with Crippen LogP contribution in [0.2, 0.25) is 0 Å². The van der Waals surface area contributed by atoms with E-state index < -0.39 is 11.8 Å². The molecular weight excluding hydrogens is 339 g/mol. The lowest BCUT2D eigenvalue weighted by atomic mass is 9.93. The Morgan fingerprint density at radius 2 is 1.81 bits per heavy atom. The van der Waals surface area contributed by atoms with E-state index in [1.807, 2.05) is 0 Å². The number of hydrogen-bond acceptors (Lipinski definition) is 5. The van der Waals surface area contributed by atoms with Gasteiger partial charge in [-0.2, -0.15) is 0 Å². The Balaban J connectivity index is 1.46. The average molecular weight is 360 g/mol. The van der Waals surface area contributed by atoms with Crippen LogP contribution in [-0.2, 0) is 0 Å². The molecule has 1 aliphatic rings. The number of amides is 2. The van der Waals surface area contributed by atoms with Gasteiger partial charge in [0.15, 0.2) is 0 Å². The van der Waals surface area contributed by atoms with Gasteiger partial charge in [-0.25, -0.2) is 19.2 Å². The molecule has 1 heterocycles. The van der Waals surface area contributed by atoms with E-state index in [-0.39, 0.29) is 17.8 Å². The zero-order chi connectivity index (χ0) is 18.4. The molecule has 0 atom stereocenters. The zero-order valence-corrected chi connectivity index (χ0v) is 14.4. The van der Waals surface area contributed by atoms with E-state index in [1.165, 1.54) is 19.2 Å². The van der Waals surface area contributed by atoms with Crippen LogP contribution in [0.3, 0.4) is 0 Å². The third kappa shape index (κ3) is 4.59. The fourth-order valence-electron chi connectivity index (χ4n) is 2.92. The Morgan fingerprint density at radius 3 is 2.50 bits per heavy atom. The topological polar surface area (TPSA) is 85.4 Å². The molecule has 2 aromatic rings. The number of carbonyl (C=O) groups excluding carboxylic acids is 1. The van der Waals surface area contributed by atoms with Crippen LogP contribution < -0.4 is 20.1 Å². The highest BCUT2D eigenvalue weighted by Gasteiger charge is 2.25. The third-order valence-corrected chi connectivity index (χ3v) is 4.24. The van der Waals surface area contributed by atoms with Crippen molar-refractivity contribution in [2.24, 2.45) is 0 Å². The maximum absolute atomic E-state index is 13.6. The van der Waals surface area contributed by atoms with Crippen molar-refractivity contribution in [3.05, 3.63) is 42.5 Å². The predicted molar refractivity (Wildman–Crippen MR) is 93.8 cm³/mol. The molecule has 1 aromatic carbocycles. The maximum atomic E-state index is 13.6. The van der Waals surface area contributed by atoms with Gasteiger partial charge in [0, 0.05) is 18.4 Å². The number of ether oxygens (including phenoxy) is 2. The Morgan fingerprint density at radius 1 is 1.12 bits per heavy atom. The summed E-state index contributed by atoms with van der Waals surface area (Å²) in [5, 5.41) is 5.41. The first-order valence-corrected chi connectivity index (χ1v) is 8.49. The van der Waals surface area contributed by atoms with Crippen LogP contribution in [0, 0.1) is 5.82 Å². The van der Waals surface area contributed by atoms with Crippen molar-refractivity contribution in [2.45, 2.75) is 37.8 Å². The van der Waals surface area contributed by atoms with Gasteiger partial charge < -0.3 is 20.1 Å². The van der Waals surface area contributed by atoms with Gasteiger partial charge in [0.25, 0.3) is 11.8 Å². The summed E-state index contributed by atoms with van der Waals surface area (Å²) in [4.78, 5) is 20.2. The highest BCUT2D eigenvalue weighted by Crippen LogP contribution is 2.27. The number of carbonyl (C=O) groups is 1. The van der Waals surface area contributed by atoms with Crippen molar-refractivity contribution in [1.82, 2.24) is 15.3 Å². The Hall–Kier alpha value is -2.90. The lowest BCUT2D eigenvalue weighted by Crippen LogP contribution is -2.41. The van der Waals surface area contributed by atoms with Crippen molar-refractivity contribution in [3.8, 4) is 11.8 Å². The number of nitrogens with zero attached hydrogens (tertiary/aromatic N) is 2. The summed E-state index contributed by atoms with van der Waals surface area (Å²) < 4.78 is 24.6. The van der Waals surface area contributed by atoms with Crippen molar-refractivity contribution < 1.29 is 18.7 Å². The van der Waals surface area contributed by atoms with Gasteiger partial charge in [0.1, 0.15) is 11.9 Å². The highest BCUT2D eigenvalue weighted by molar-refractivity contribution is 5.89. The molecule has 0 radical (unpaired) electrons. The van der Waals surface area contributed by atoms with Crippen LogP contribution in [0.5, 0.6) is 11.8 Å². The van der Waals surface area contributed by atoms with Crippen molar-refractivity contribution in [1.29, 1.82) is 0 Å². The summed E-state index contributed by atoms with van der Waals surface area (Å²) in [7, 11) is 1.52. The van der Waals surface area contributed by atoms with Gasteiger partial charge in [-0.05, 0) is 37.8 Å². The second-order valence-electron chi connectivity index (χ2n) is 6.04. The quantitative estimate of drug-likeness (QED) is 0.856. The Labute approximate surface area is 150 Å². The van der Waals surface area contributed by atoms with Gasteiger partial charge in [0.05, 0.1) is 12.8 Å². The molecule has 0 spiro atoms. The molecule has 7 nitrogen and oxygen atoms in total. The number of rotatable bonds is 5. The van der Waals surface area contributed by atoms with E-state index in [2.05, 4.69) is 20.6 Å². The van der Waals surface area contributed by atoms with Crippen molar-refractivity contribution in [2.75, 3.05) is 12.4 Å². The van der Waals surface area contributed by atoms with Crippen LogP contribution >= 0.6 is 0 Å². The average Bonchev–Trinajstić information content (AvgIpc) is 2.66. The maximum Gasteiger partial charge on any atom is 0.319 e. The van der Waals surface area contributed by atoms with Crippen LogP contribution in [0.15, 0.2) is 36.7 Å². The lowest BCUT2D eigenvalue weighted by molar-refractivity contribution is 0.129. The van der Waals surface area contributed by atoms with E-state index in [1.54, 1.807) is 24.5 Å². The summed E-state index contributed by atoms with van der Waals surface area (Å²) in [5.74, 6) is 0.276. The Kier molecular flexibility index (Phi) is 5.83. The molecule has 1 aliphatic carbocycles. The van der Waals surface area contributed by atoms with Crippen LogP contribution in [0.1, 0.15) is 25.7 Å². The minimum atomic E-state index is -0.460. The molecule has 2 amide bonds. The smallest absolute Gasteiger partial charge is 0.319 e. The minimum absolute atomic E-state index is 0.00622. The number of benzene rings is 1. The molecule has 1 fully saturated rings. The number of anilines is 1. The van der Waals surface area contributed by atoms with Crippen molar-refractivity contribution >= 4 is 11.7 Å². The van der Waals surface area contributed by atoms with E-state index in [4.69, 9.17) is 9.47 Å². The summed E-state index contributed by atoms with van der Waals surface area (Å²) in [5.41, 5.74) is 0.164. The molecular formula is C18H21FN4O3. The number of methoxy groups -OCH3 is 1. The van der Waals surface area contributed by atoms with E-state index >= 15 is 0 Å². The number of nitrogens with one attached hydrogen (secondary N) is 2. The molecule has 3 rings (SSSR count). The van der Waals surface area contributed by atoms with Gasteiger partial charge in [-0.1, -0.05) is 12.1 Å². The number of urea groups is 1. The molecule has 138 valence electrons. The Bertz CT molecular complexity index is 751. The molecule has 0 saturated heterocycles. The normalized spacial score (nSPS) is 19.5. The fraction of sp³-hybridized carbons (Fsp3) is 0.389. The van der Waals surface area contributed by atoms with Crippen molar-refractivity contribution in [3.63, 3.8) is 0 Å². The number of hydrogen-bond donors (Lipinski definition) is 2. The van der Waals surface area contributed by atoms with E-state index in [0.717, 1.165) is 25.7 Å². The number of halogens is 1. The van der Waals surface area contributed by atoms with E-state index in [9.17, 15) is 9.18 Å². The van der Waals surface area contributed by atoms with E-state index in [0.29, 0.717) is 11.8 Å². The largest absolute Gasteiger partial charge is 0.477 e. The fourth-order valence-corrected chi connectivity index (χ4v) is 2.92. The highest BCUT2D eigenvalue weighted by atomic mass is 19.1. The van der Waals surface area contributed by atoms with Gasteiger partial charge in [-0.3, -0.25) is 0 Å².